The van der Waals surface area contributed by atoms with Crippen LogP contribution in [0, 0.1) is 16.2 Å². The van der Waals surface area contributed by atoms with Crippen LogP contribution in [0.4, 0.5) is 11.4 Å². The van der Waals surface area contributed by atoms with E-state index in [4.69, 9.17) is 62.4 Å². The summed E-state index contributed by atoms with van der Waals surface area (Å²) in [5, 5.41) is 86.7. The highest BCUT2D eigenvalue weighted by Gasteiger charge is 2.36. The van der Waals surface area contributed by atoms with Crippen LogP contribution in [-0.2, 0) is 75.4 Å². The Balaban J connectivity index is 0.958. The molecule has 1 aliphatic heterocycles. The van der Waals surface area contributed by atoms with Gasteiger partial charge in [-0.3, -0.25) is 59.4 Å². The number of amides is 9. The number of para-hydroxylation sites is 2. The number of nitrogens with zero attached hydrogens (tertiary/aromatic N) is 3. The summed E-state index contributed by atoms with van der Waals surface area (Å²) >= 11 is 13.7. The third-order valence-electron chi connectivity index (χ3n) is 21.0. The summed E-state index contributed by atoms with van der Waals surface area (Å²) in [5.74, 6) is -7.35. The van der Waals surface area contributed by atoms with Crippen LogP contribution in [0.1, 0.15) is 124 Å². The van der Waals surface area contributed by atoms with Crippen molar-refractivity contribution < 1.29 is 63.0 Å². The number of nitrogens with one attached hydrogen (secondary N) is 14. The van der Waals surface area contributed by atoms with E-state index in [-0.39, 0.29) is 138 Å². The molecule has 33 nitrogen and oxygen atoms in total. The van der Waals surface area contributed by atoms with Crippen molar-refractivity contribution in [2.75, 3.05) is 67.9 Å². The molecule has 8 rings (SSSR count). The highest BCUT2D eigenvalue weighted by atomic mass is 35.5. The zero-order valence-corrected chi connectivity index (χ0v) is 72.6. The first kappa shape index (κ1) is 97.9. The summed E-state index contributed by atoms with van der Waals surface area (Å²) in [6, 6.07) is 34.0. The van der Waals surface area contributed by atoms with Crippen LogP contribution >= 0.6 is 35.0 Å². The lowest BCUT2D eigenvalue weighted by molar-refractivity contribution is -0.671. The zero-order chi connectivity index (χ0) is 90.2. The van der Waals surface area contributed by atoms with E-state index in [0.29, 0.717) is 86.6 Å². The minimum absolute atomic E-state index is 0.0105. The Morgan fingerprint density at radius 2 is 0.864 bits per heavy atom. The largest absolute Gasteiger partial charge is 0.508 e. The van der Waals surface area contributed by atoms with Crippen LogP contribution in [0.25, 0.3) is 17.0 Å². The summed E-state index contributed by atoms with van der Waals surface area (Å²) in [5.41, 5.74) is 29.5. The fraction of sp³-hybridized carbons (Fsp3) is 0.404. The van der Waals surface area contributed by atoms with Crippen molar-refractivity contribution in [1.82, 2.24) is 58.5 Å². The Hall–Kier alpha value is -12.6. The number of benzene rings is 6. The summed E-state index contributed by atoms with van der Waals surface area (Å²) in [4.78, 5) is 135. The number of aryl methyl sites for hydroxylation is 2. The first-order valence-corrected chi connectivity index (χ1v) is 43.9. The normalized spacial score (nSPS) is 13.5. The van der Waals surface area contributed by atoms with E-state index in [1.165, 1.54) is 65.6 Å². The van der Waals surface area contributed by atoms with Gasteiger partial charge in [0, 0.05) is 119 Å². The molecule has 0 fully saturated rings. The number of pyridine rings is 1. The van der Waals surface area contributed by atoms with Gasteiger partial charge in [0.1, 0.15) is 66.1 Å². The lowest BCUT2D eigenvalue weighted by Gasteiger charge is -2.28. The summed E-state index contributed by atoms with van der Waals surface area (Å²) < 4.78 is 2.19. The van der Waals surface area contributed by atoms with Crippen LogP contribution in [0.3, 0.4) is 0 Å². The molecule has 0 saturated heterocycles. The van der Waals surface area contributed by atoms with Gasteiger partial charge in [-0.15, -0.1) is 23.2 Å². The fourth-order valence-corrected chi connectivity index (χ4v) is 15.8. The second-order valence-corrected chi connectivity index (χ2v) is 32.4. The number of aromatic hydroxyl groups is 3. The Morgan fingerprint density at radius 3 is 1.34 bits per heavy atom. The van der Waals surface area contributed by atoms with Crippen LogP contribution < -0.4 is 95.8 Å². The molecule has 9 amide bonds. The van der Waals surface area contributed by atoms with Crippen molar-refractivity contribution in [2.24, 2.45) is 22.9 Å². The molecular formula is C89H118Cl2N21O12S+. The number of aromatic nitrogens is 1. The van der Waals surface area contributed by atoms with Gasteiger partial charge in [0.15, 0.2) is 24.1 Å². The number of nitrogens with two attached hydrogens (primary N) is 4. The molecule has 0 aliphatic carbocycles. The molecule has 670 valence electrons. The highest BCUT2D eigenvalue weighted by molar-refractivity contribution is 8.03. The van der Waals surface area contributed by atoms with E-state index < -0.39 is 95.5 Å². The number of halogens is 2. The number of carbonyl (C=O) groups is 9. The maximum absolute atomic E-state index is 15.3. The number of anilines is 2. The molecule has 1 aromatic heterocycles. The molecule has 25 N–H and O–H groups in total. The number of rotatable bonds is 53. The summed E-state index contributed by atoms with van der Waals surface area (Å²) in [7, 11) is 2.06. The maximum Gasteiger partial charge on any atom is 0.243 e. The third kappa shape index (κ3) is 33.6. The Morgan fingerprint density at radius 1 is 0.448 bits per heavy atom. The number of guanidine groups is 3. The van der Waals surface area contributed by atoms with Gasteiger partial charge in [-0.1, -0.05) is 84.6 Å². The lowest BCUT2D eigenvalue weighted by atomic mass is 10.0. The van der Waals surface area contributed by atoms with E-state index >= 15 is 14.4 Å². The van der Waals surface area contributed by atoms with Crippen LogP contribution in [0.5, 0.6) is 17.2 Å². The van der Waals surface area contributed by atoms with Gasteiger partial charge in [-0.2, -0.15) is 4.57 Å². The van der Waals surface area contributed by atoms with Crippen molar-refractivity contribution in [1.29, 1.82) is 16.2 Å². The van der Waals surface area contributed by atoms with Crippen molar-refractivity contribution in [3.63, 3.8) is 0 Å². The number of unbranched alkanes of at least 4 members (excludes halogenated alkanes) is 3. The SMILES string of the molecule is CN1/C(=C\c2cc[n+](CCCCCC(=O)N[C@@H](Cc3ccc(O)cc3)C(=O)N[C@H](CCCNC(=N)N)C(=O)N[C@@H](Cc3ccc(O)cc3)C(=O)N[C@H](CCCNC(=N)N)C(=O)N[C@@H](Cc3ccc(O)cc3)C(=O)N[C@H](CCCNC(=N)N)C(=O)N[C@H](CCCCNC(=O)CCCc3ccc(N(CCCl)CCCl)cc3)C(N)=O)c3ccccc23)Sc2ccccc21. The van der Waals surface area contributed by atoms with Gasteiger partial charge in [-0.05, 0) is 184 Å². The predicted octanol–water partition coefficient (Wildman–Crippen LogP) is 5.34. The molecule has 125 heavy (non-hydrogen) atoms. The number of primary amides is 1. The van der Waals surface area contributed by atoms with Gasteiger partial charge in [0.05, 0.1) is 16.1 Å². The van der Waals surface area contributed by atoms with Gasteiger partial charge < -0.3 is 107 Å². The topological polar surface area (TPSA) is 533 Å². The average molecular weight is 1780 g/mol. The molecule has 0 unspecified atom stereocenters. The number of thioether (sulfide) groups is 1. The molecule has 2 heterocycles. The Bertz CT molecular complexity index is 4800. The number of carbonyl (C=O) groups excluding carboxylic acids is 9. The van der Waals surface area contributed by atoms with Gasteiger partial charge in [-0.25, -0.2) is 0 Å². The predicted molar refractivity (Wildman–Crippen MR) is 487 cm³/mol. The van der Waals surface area contributed by atoms with Crippen molar-refractivity contribution in [3.8, 4) is 17.2 Å². The number of phenols is 3. The van der Waals surface area contributed by atoms with Crippen LogP contribution in [0.15, 0.2) is 168 Å². The number of hydrogen-bond acceptors (Lipinski definition) is 18. The van der Waals surface area contributed by atoms with Crippen LogP contribution in [0.2, 0.25) is 0 Å². The minimum Gasteiger partial charge on any atom is -0.508 e. The van der Waals surface area contributed by atoms with Crippen LogP contribution in [-0.4, -0.2) is 187 Å². The lowest BCUT2D eigenvalue weighted by Crippen LogP contribution is -2.60. The van der Waals surface area contributed by atoms with Gasteiger partial charge in [0.25, 0.3) is 0 Å². The number of fused-ring (bicyclic) bond motifs is 2. The van der Waals surface area contributed by atoms with Crippen molar-refractivity contribution in [3.05, 3.63) is 191 Å². The molecule has 36 heteroatoms. The molecule has 0 bridgehead atoms. The standard InChI is InChI=1S/C89H117Cl2N21O12S/c1-110-75-22-6-7-23-76(75)125-79(110)56-61-42-50-112(74-21-5-4-16-66(61)74)49-10-2-3-24-78(117)103-71(53-58-28-36-63(113)37-29-58)84(122)105-69(19-13-47-101-88(95)96)82(120)108-73(55-60-32-40-65(115)41-33-60)86(124)107-70(20-14-48-102-89(97)98)83(121)109-72(54-59-30-38-64(114)39-31-59)85(123)106-68(18-12-46-100-87(93)94)81(119)104-67(80(92)118)17-8-9-45-99-77(116)25-11-15-57-26-34-62(35-27-57)111(51-43-90)52-44-91/h4-7,16,21-23,26-42,50,56,67-73H,2-3,8-15,17-20,24-25,43-49,51-55H2,1H3,(H24-,92,93,94,95,96,97,98,99,100,101,102,103,104,105,106,107,108,109,113,114,115,116,117,118,119,120,121,122,123,124)/p+1/t67-,68-,69-,70-,71+,72+,73+/m1/s1. The molecule has 1 aliphatic rings. The fourth-order valence-electron chi connectivity index (χ4n) is 14.3. The number of hydrogen-bond donors (Lipinski definition) is 21. The first-order chi connectivity index (χ1) is 60.1. The van der Waals surface area contributed by atoms with E-state index in [1.54, 1.807) is 23.9 Å². The summed E-state index contributed by atoms with van der Waals surface area (Å²) in [6.45, 7) is 2.38. The van der Waals surface area contributed by atoms with Crippen molar-refractivity contribution >= 4 is 134 Å². The van der Waals surface area contributed by atoms with E-state index in [1.807, 2.05) is 48.5 Å². The smallest absolute Gasteiger partial charge is 0.243 e. The third-order valence-corrected chi connectivity index (χ3v) is 22.5. The highest BCUT2D eigenvalue weighted by Crippen LogP contribution is 2.45. The molecule has 0 spiro atoms. The maximum atomic E-state index is 15.3. The van der Waals surface area contributed by atoms with Gasteiger partial charge in [0.2, 0.25) is 58.7 Å². The Labute approximate surface area is 742 Å². The second kappa shape index (κ2) is 51.5. The second-order valence-electron chi connectivity index (χ2n) is 30.6. The molecular weight excluding hydrogens is 1660 g/mol. The first-order valence-electron chi connectivity index (χ1n) is 42.0. The molecule has 0 radical (unpaired) electrons. The quantitative estimate of drug-likeness (QED) is 0.00752. The number of phenolic OH excluding ortho intramolecular Hbond substituents is 3. The molecule has 7 atom stereocenters. The zero-order valence-electron chi connectivity index (χ0n) is 70.3. The average Bonchev–Trinajstić information content (AvgIpc) is 1.71. The van der Waals surface area contributed by atoms with E-state index in [2.05, 4.69) is 123 Å². The monoisotopic (exact) mass is 1770 g/mol. The minimum atomic E-state index is -1.58. The van der Waals surface area contributed by atoms with E-state index in [9.17, 15) is 44.1 Å². The van der Waals surface area contributed by atoms with Gasteiger partial charge >= 0.3 is 0 Å². The Kier molecular flexibility index (Phi) is 40.3. The molecule has 0 saturated carbocycles. The van der Waals surface area contributed by atoms with E-state index in [0.717, 1.165) is 44.9 Å². The van der Waals surface area contributed by atoms with Crippen molar-refractivity contribution in [2.45, 2.75) is 176 Å². The number of alkyl halides is 2. The summed E-state index contributed by atoms with van der Waals surface area (Å²) in [6.07, 6.45) is 7.69. The molecule has 6 aromatic carbocycles. The molecule has 7 aromatic rings.